The summed E-state index contributed by atoms with van der Waals surface area (Å²) in [5, 5.41) is 0. The third-order valence-electron chi connectivity index (χ3n) is 5.38. The predicted octanol–water partition coefficient (Wildman–Crippen LogP) is 5.58. The summed E-state index contributed by atoms with van der Waals surface area (Å²) in [5.41, 5.74) is 5.40. The fourth-order valence-electron chi connectivity index (χ4n) is 4.02. The van der Waals surface area contributed by atoms with E-state index in [-0.39, 0.29) is 18.4 Å². The molecule has 0 spiro atoms. The van der Waals surface area contributed by atoms with Crippen LogP contribution in [0.3, 0.4) is 0 Å². The highest BCUT2D eigenvalue weighted by atomic mass is 79.9. The number of aryl methyl sites for hydroxylation is 1. The minimum Gasteiger partial charge on any atom is -0.462 e. The molecule has 1 aliphatic rings. The molecule has 1 amide bonds. The number of rotatable bonds is 6. The number of carbonyl (C=O) groups excluding carboxylic acids is 2. The Labute approximate surface area is 192 Å². The van der Waals surface area contributed by atoms with Gasteiger partial charge in [-0.15, -0.1) is 0 Å². The van der Waals surface area contributed by atoms with Crippen LogP contribution in [0.15, 0.2) is 51.6 Å². The molecule has 0 atom stereocenters. The average molecular weight is 485 g/mol. The molecule has 0 saturated carbocycles. The van der Waals surface area contributed by atoms with Crippen LogP contribution >= 0.6 is 15.9 Å². The van der Waals surface area contributed by atoms with Crippen LogP contribution in [0.25, 0.3) is 11.8 Å². The lowest BCUT2D eigenvalue weighted by molar-refractivity contribution is -0.138. The van der Waals surface area contributed by atoms with Gasteiger partial charge >= 0.3 is 5.97 Å². The Hall–Kier alpha value is -2.60. The maximum atomic E-state index is 13.3. The van der Waals surface area contributed by atoms with E-state index in [4.69, 9.17) is 4.74 Å². The van der Waals surface area contributed by atoms with Gasteiger partial charge in [-0.25, -0.2) is 4.79 Å². The van der Waals surface area contributed by atoms with E-state index in [0.717, 1.165) is 27.1 Å². The SMILES string of the molecule is CCOC(=O)C1=C(C)N(CC(C)C)C(=O)/C1=C\c1cc(C)n(-c2cccc(Br)c2)c1C. The van der Waals surface area contributed by atoms with E-state index in [9.17, 15) is 9.59 Å². The van der Waals surface area contributed by atoms with E-state index in [1.54, 1.807) is 11.8 Å². The van der Waals surface area contributed by atoms with Gasteiger partial charge in [0.05, 0.1) is 17.8 Å². The zero-order chi connectivity index (χ0) is 22.9. The van der Waals surface area contributed by atoms with Crippen LogP contribution in [0.5, 0.6) is 0 Å². The van der Waals surface area contributed by atoms with Crippen LogP contribution in [0.2, 0.25) is 0 Å². The van der Waals surface area contributed by atoms with Gasteiger partial charge in [0.2, 0.25) is 0 Å². The number of halogens is 1. The van der Waals surface area contributed by atoms with Crippen molar-refractivity contribution in [2.24, 2.45) is 5.92 Å². The molecule has 5 nitrogen and oxygen atoms in total. The first-order chi connectivity index (χ1) is 14.6. The molecule has 0 N–H and O–H groups in total. The maximum absolute atomic E-state index is 13.3. The molecule has 1 aromatic heterocycles. The number of hydrogen-bond acceptors (Lipinski definition) is 3. The van der Waals surface area contributed by atoms with Crippen LogP contribution in [0.4, 0.5) is 0 Å². The number of esters is 1. The van der Waals surface area contributed by atoms with Crippen molar-refractivity contribution in [2.75, 3.05) is 13.2 Å². The molecule has 3 rings (SSSR count). The minimum absolute atomic E-state index is 0.151. The lowest BCUT2D eigenvalue weighted by Crippen LogP contribution is -2.28. The topological polar surface area (TPSA) is 51.5 Å². The number of nitrogens with zero attached hydrogens (tertiary/aromatic N) is 2. The minimum atomic E-state index is -0.452. The Morgan fingerprint density at radius 2 is 1.90 bits per heavy atom. The summed E-state index contributed by atoms with van der Waals surface area (Å²) in [4.78, 5) is 27.7. The number of hydrogen-bond donors (Lipinski definition) is 0. The number of allylic oxidation sites excluding steroid dienone is 1. The second-order valence-corrected chi connectivity index (χ2v) is 9.11. The van der Waals surface area contributed by atoms with Gasteiger partial charge in [-0.3, -0.25) is 4.79 Å². The summed E-state index contributed by atoms with van der Waals surface area (Å²) < 4.78 is 8.42. The Morgan fingerprint density at radius 1 is 1.19 bits per heavy atom. The summed E-state index contributed by atoms with van der Waals surface area (Å²) in [7, 11) is 0. The number of ether oxygens (including phenoxy) is 1. The van der Waals surface area contributed by atoms with Crippen molar-refractivity contribution in [3.8, 4) is 5.69 Å². The van der Waals surface area contributed by atoms with E-state index < -0.39 is 5.97 Å². The molecule has 164 valence electrons. The number of amides is 1. The molecule has 1 aromatic carbocycles. The second kappa shape index (κ2) is 9.27. The summed E-state index contributed by atoms with van der Waals surface area (Å²) in [6.07, 6.45) is 1.83. The Kier molecular flexibility index (Phi) is 6.90. The van der Waals surface area contributed by atoms with Gasteiger partial charge in [-0.2, -0.15) is 0 Å². The van der Waals surface area contributed by atoms with E-state index in [1.807, 2.05) is 51.1 Å². The van der Waals surface area contributed by atoms with Gasteiger partial charge < -0.3 is 14.2 Å². The Balaban J connectivity index is 2.12. The van der Waals surface area contributed by atoms with Crippen molar-refractivity contribution >= 4 is 33.9 Å². The molecule has 2 aromatic rings. The van der Waals surface area contributed by atoms with Crippen molar-refractivity contribution in [3.63, 3.8) is 0 Å². The van der Waals surface area contributed by atoms with Crippen LogP contribution in [0.1, 0.15) is 44.6 Å². The molecule has 2 heterocycles. The van der Waals surface area contributed by atoms with Crippen molar-refractivity contribution in [1.29, 1.82) is 0 Å². The lowest BCUT2D eigenvalue weighted by Gasteiger charge is -2.19. The molecule has 0 aliphatic carbocycles. The van der Waals surface area contributed by atoms with E-state index in [0.29, 0.717) is 23.4 Å². The fourth-order valence-corrected chi connectivity index (χ4v) is 4.40. The maximum Gasteiger partial charge on any atom is 0.340 e. The quantitative estimate of drug-likeness (QED) is 0.397. The van der Waals surface area contributed by atoms with Crippen molar-refractivity contribution in [2.45, 2.75) is 41.5 Å². The first-order valence-corrected chi connectivity index (χ1v) is 11.3. The van der Waals surface area contributed by atoms with E-state index >= 15 is 0 Å². The summed E-state index contributed by atoms with van der Waals surface area (Å²) in [6, 6.07) is 10.1. The standard InChI is InChI=1S/C25H29BrN2O3/c1-7-31-25(30)23-18(6)27(14-15(2)3)24(29)22(23)12-19-11-16(4)28(17(19)5)21-10-8-9-20(26)13-21/h8-13,15H,7,14H2,1-6H3/b22-12-. The zero-order valence-corrected chi connectivity index (χ0v) is 20.5. The van der Waals surface area contributed by atoms with Gasteiger partial charge in [0.1, 0.15) is 0 Å². The lowest BCUT2D eigenvalue weighted by atomic mass is 10.0. The molecule has 6 heteroatoms. The molecule has 1 aliphatic heterocycles. The van der Waals surface area contributed by atoms with E-state index in [2.05, 4.69) is 40.4 Å². The van der Waals surface area contributed by atoms with Crippen LogP contribution < -0.4 is 0 Å². The monoisotopic (exact) mass is 484 g/mol. The summed E-state index contributed by atoms with van der Waals surface area (Å²) >= 11 is 3.53. The van der Waals surface area contributed by atoms with Crippen LogP contribution in [-0.2, 0) is 14.3 Å². The third-order valence-corrected chi connectivity index (χ3v) is 5.87. The first kappa shape index (κ1) is 23.1. The normalized spacial score (nSPS) is 15.5. The molecular formula is C25H29BrN2O3. The number of aromatic nitrogens is 1. The molecule has 0 bridgehead atoms. The number of carbonyl (C=O) groups is 2. The summed E-state index contributed by atoms with van der Waals surface area (Å²) in [5.74, 6) is -0.323. The molecule has 0 fully saturated rings. The van der Waals surface area contributed by atoms with Crippen LogP contribution in [-0.4, -0.2) is 34.5 Å². The van der Waals surface area contributed by atoms with Crippen molar-refractivity contribution in [1.82, 2.24) is 9.47 Å². The average Bonchev–Trinajstić information content (AvgIpc) is 3.09. The molecule has 0 saturated heterocycles. The van der Waals surface area contributed by atoms with Crippen LogP contribution in [0, 0.1) is 19.8 Å². The molecule has 0 unspecified atom stereocenters. The summed E-state index contributed by atoms with van der Waals surface area (Å²) in [6.45, 7) is 12.6. The van der Waals surface area contributed by atoms with Gasteiger partial charge in [-0.1, -0.05) is 35.8 Å². The van der Waals surface area contributed by atoms with Crippen molar-refractivity contribution < 1.29 is 14.3 Å². The largest absolute Gasteiger partial charge is 0.462 e. The number of benzene rings is 1. The molecular weight excluding hydrogens is 456 g/mol. The fraction of sp³-hybridized carbons (Fsp3) is 0.360. The molecule has 31 heavy (non-hydrogen) atoms. The van der Waals surface area contributed by atoms with Crippen molar-refractivity contribution in [3.05, 3.63) is 68.6 Å². The zero-order valence-electron chi connectivity index (χ0n) is 19.0. The predicted molar refractivity (Wildman–Crippen MR) is 127 cm³/mol. The van der Waals surface area contributed by atoms with Gasteiger partial charge in [0, 0.05) is 33.8 Å². The highest BCUT2D eigenvalue weighted by molar-refractivity contribution is 9.10. The third kappa shape index (κ3) is 4.54. The first-order valence-electron chi connectivity index (χ1n) is 10.5. The second-order valence-electron chi connectivity index (χ2n) is 8.19. The Bertz CT molecular complexity index is 1090. The van der Waals surface area contributed by atoms with Gasteiger partial charge in [0.25, 0.3) is 5.91 Å². The highest BCUT2D eigenvalue weighted by Crippen LogP contribution is 2.34. The van der Waals surface area contributed by atoms with Gasteiger partial charge in [0.15, 0.2) is 0 Å². The van der Waals surface area contributed by atoms with E-state index in [1.165, 1.54) is 0 Å². The van der Waals surface area contributed by atoms with Gasteiger partial charge in [-0.05, 0) is 69.5 Å². The highest BCUT2D eigenvalue weighted by Gasteiger charge is 2.37. The Morgan fingerprint density at radius 3 is 2.52 bits per heavy atom. The smallest absolute Gasteiger partial charge is 0.340 e. The molecule has 0 radical (unpaired) electrons.